The molecule has 145 heavy (non-hydrogen) atoms. The van der Waals surface area contributed by atoms with Gasteiger partial charge >= 0.3 is 31.0 Å². The molecule has 3 heterocycles. The van der Waals surface area contributed by atoms with Crippen molar-refractivity contribution in [2.45, 2.75) is 78.0 Å². The molecule has 3 atom stereocenters. The maximum Gasteiger partial charge on any atom is 0.496 e. The molecule has 13 rings (SSSR count). The van der Waals surface area contributed by atoms with Crippen LogP contribution in [0.1, 0.15) is 106 Å². The second-order valence-electron chi connectivity index (χ2n) is 30.5. The summed E-state index contributed by atoms with van der Waals surface area (Å²) >= 11 is 3.41. The van der Waals surface area contributed by atoms with Crippen molar-refractivity contribution in [2.24, 2.45) is 5.73 Å². The van der Waals surface area contributed by atoms with E-state index in [1.807, 2.05) is 45.0 Å². The number of fused-ring (bicyclic) bond motifs is 3. The number of carbonyl (C=O) groups is 8. The SMILES string of the molecule is CCOCc1cc(OC)c(-c2ccc(C[C@H](NC(=O)c3c(F)cc(C(N)=O)cc3F)C(=O)O)c3cccnc23)c(OC)c1.CCOCc1cc(OC)c(B(O)O)c(OC)c1.[C-]#[N+]c1cc(F)c(C(=O)N[C@@H](Cc2ccc(-c3c(OC)cc(COCC)cc3OC)c3ncccc23)C(=O)O)c(F)c1.[C-]#[N+]c1cc(F)c(C(=O)N[C@@H](Cc2ccc(Br)c3ncccc23)C(=O)OC)c(F)c1.[C-]#[N+]c1cc(F)c(C(=O)O)c(F)c1. The number of rotatable bonds is 35. The highest BCUT2D eigenvalue weighted by atomic mass is 79.9. The number of benzene rings is 10. The van der Waals surface area contributed by atoms with Crippen molar-refractivity contribution < 1.29 is 146 Å². The number of nitrogens with zero attached hydrogens (tertiary/aromatic N) is 6. The number of nitrogens with two attached hydrogens (primary N) is 1. The van der Waals surface area contributed by atoms with Crippen LogP contribution in [0.15, 0.2) is 181 Å². The fourth-order valence-electron chi connectivity index (χ4n) is 14.7. The van der Waals surface area contributed by atoms with Crippen molar-refractivity contribution in [3.05, 3.63) is 323 Å². The summed E-state index contributed by atoms with van der Waals surface area (Å²) in [6.07, 6.45) is 4.34. The van der Waals surface area contributed by atoms with Gasteiger partial charge in [0.05, 0.1) is 122 Å². The predicted octanol–water partition coefficient (Wildman–Crippen LogP) is 16.4. The molecule has 10 aromatic carbocycles. The van der Waals surface area contributed by atoms with Crippen LogP contribution < -0.4 is 55.6 Å². The van der Waals surface area contributed by atoms with E-state index >= 15 is 0 Å². The Morgan fingerprint density at radius 3 is 0.986 bits per heavy atom. The molecular weight excluding hydrogens is 1980 g/mol. The number of aromatic nitrogens is 3. The van der Waals surface area contributed by atoms with Gasteiger partial charge in [0.15, 0.2) is 17.1 Å². The Bertz CT molecular complexity index is 7030. The number of hydrogen-bond acceptors (Lipinski definition) is 23. The van der Waals surface area contributed by atoms with E-state index in [0.717, 1.165) is 45.8 Å². The molecule has 10 N–H and O–H groups in total. The highest BCUT2D eigenvalue weighted by Gasteiger charge is 2.34. The molecule has 0 fully saturated rings. The Morgan fingerprint density at radius 1 is 0.407 bits per heavy atom. The van der Waals surface area contributed by atoms with E-state index in [1.165, 1.54) is 42.7 Å². The second kappa shape index (κ2) is 52.7. The lowest BCUT2D eigenvalue weighted by molar-refractivity contribution is -0.143. The van der Waals surface area contributed by atoms with E-state index in [4.69, 9.17) is 77.9 Å². The van der Waals surface area contributed by atoms with Crippen LogP contribution in [0.25, 0.3) is 69.5 Å². The summed E-state index contributed by atoms with van der Waals surface area (Å²) < 4.78 is 167. The molecule has 33 nitrogen and oxygen atoms in total. The Balaban J connectivity index is 0.000000214. The first-order valence-corrected chi connectivity index (χ1v) is 43.8. The third kappa shape index (κ3) is 27.9. The minimum Gasteiger partial charge on any atom is -0.497 e. The summed E-state index contributed by atoms with van der Waals surface area (Å²) in [5.41, 5.74) is 8.49. The van der Waals surface area contributed by atoms with Crippen molar-refractivity contribution in [3.8, 4) is 56.8 Å². The normalized spacial score (nSPS) is 11.2. The molecule has 0 spiro atoms. The second-order valence-corrected chi connectivity index (χ2v) is 31.3. The van der Waals surface area contributed by atoms with Crippen LogP contribution in [0.2, 0.25) is 0 Å². The molecule has 0 aliphatic heterocycles. The van der Waals surface area contributed by atoms with E-state index in [1.54, 1.807) is 104 Å². The van der Waals surface area contributed by atoms with Crippen LogP contribution in [0.5, 0.6) is 34.5 Å². The quantitative estimate of drug-likeness (QED) is 0.00771. The average Bonchev–Trinajstić information content (AvgIpc) is 0.762. The van der Waals surface area contributed by atoms with Crippen LogP contribution in [0.4, 0.5) is 52.2 Å². The summed E-state index contributed by atoms with van der Waals surface area (Å²) in [4.78, 5) is 118. The number of carboxylic acid groups (broad SMARTS) is 3. The van der Waals surface area contributed by atoms with Crippen LogP contribution in [0, 0.1) is 66.3 Å². The third-order valence-corrected chi connectivity index (χ3v) is 22.1. The number of methoxy groups -OCH3 is 7. The molecule has 0 saturated heterocycles. The number of pyridine rings is 3. The van der Waals surface area contributed by atoms with Gasteiger partial charge in [-0.15, -0.1) is 0 Å². The average molecular weight is 2070 g/mol. The highest BCUT2D eigenvalue weighted by Crippen LogP contribution is 2.46. The summed E-state index contributed by atoms with van der Waals surface area (Å²) in [5, 5.41) is 55.3. The fourth-order valence-corrected chi connectivity index (χ4v) is 15.2. The first kappa shape index (κ1) is 112. The molecule has 0 radical (unpaired) electrons. The Kier molecular flexibility index (Phi) is 40.6. The number of ether oxygens (including phenoxy) is 10. The minimum absolute atomic E-state index is 0.0112. The van der Waals surface area contributed by atoms with Crippen LogP contribution in [-0.2, 0) is 72.4 Å². The van der Waals surface area contributed by atoms with Gasteiger partial charge in [-0.1, -0.05) is 48.5 Å². The van der Waals surface area contributed by atoms with Gasteiger partial charge in [-0.05, 0) is 179 Å². The number of aliphatic carboxylic acids is 2. The zero-order valence-electron chi connectivity index (χ0n) is 78.7. The molecule has 43 heteroatoms. The first-order chi connectivity index (χ1) is 69.3. The van der Waals surface area contributed by atoms with E-state index in [0.29, 0.717) is 177 Å². The molecule has 0 aliphatic carbocycles. The molecule has 0 saturated carbocycles. The summed E-state index contributed by atoms with van der Waals surface area (Å²) in [5.74, 6) is -17.4. The van der Waals surface area contributed by atoms with Gasteiger partial charge in [0.25, 0.3) is 17.7 Å². The molecule has 0 unspecified atom stereocenters. The van der Waals surface area contributed by atoms with Gasteiger partial charge in [0.2, 0.25) is 5.91 Å². The molecule has 0 aliphatic rings. The Labute approximate surface area is 831 Å². The van der Waals surface area contributed by atoms with E-state index in [-0.39, 0.29) is 41.8 Å². The maximum atomic E-state index is 14.5. The van der Waals surface area contributed by atoms with Crippen molar-refractivity contribution in [2.75, 3.05) is 69.6 Å². The number of halogens is 9. The number of nitrogens with one attached hydrogen (secondary N) is 3. The molecular formula is C102H90BBrF8N10O23. The van der Waals surface area contributed by atoms with Crippen molar-refractivity contribution in [3.63, 3.8) is 0 Å². The van der Waals surface area contributed by atoms with Gasteiger partial charge in [0.1, 0.15) is 121 Å². The summed E-state index contributed by atoms with van der Waals surface area (Å²) in [7, 11) is 8.56. The van der Waals surface area contributed by atoms with Crippen LogP contribution in [0.3, 0.4) is 0 Å². The van der Waals surface area contributed by atoms with Gasteiger partial charge in [-0.3, -0.25) is 34.1 Å². The zero-order chi connectivity index (χ0) is 106. The van der Waals surface area contributed by atoms with Crippen LogP contribution in [-0.4, -0.2) is 183 Å². The van der Waals surface area contributed by atoms with Gasteiger partial charge in [-0.25, -0.2) is 68.8 Å². The van der Waals surface area contributed by atoms with E-state index < -0.39 is 147 Å². The smallest absolute Gasteiger partial charge is 0.496 e. The molecule has 3 aromatic heterocycles. The van der Waals surface area contributed by atoms with Crippen molar-refractivity contribution in [1.82, 2.24) is 30.9 Å². The van der Waals surface area contributed by atoms with E-state index in [2.05, 4.69) is 61.4 Å². The number of amides is 4. The van der Waals surface area contributed by atoms with E-state index in [9.17, 15) is 93.7 Å². The lowest BCUT2D eigenvalue weighted by atomic mass is 9.78. The summed E-state index contributed by atoms with van der Waals surface area (Å²) in [6.45, 7) is 28.7. The van der Waals surface area contributed by atoms with Crippen molar-refractivity contribution in [1.29, 1.82) is 0 Å². The lowest BCUT2D eigenvalue weighted by Gasteiger charge is -2.19. The molecule has 4 amide bonds. The lowest BCUT2D eigenvalue weighted by Crippen LogP contribution is -2.43. The zero-order valence-corrected chi connectivity index (χ0v) is 80.2. The molecule has 752 valence electrons. The molecule has 0 bridgehead atoms. The number of hydrogen-bond donors (Lipinski definition) is 9. The van der Waals surface area contributed by atoms with Crippen LogP contribution >= 0.6 is 15.9 Å². The Morgan fingerprint density at radius 2 is 0.697 bits per heavy atom. The number of esters is 1. The largest absolute Gasteiger partial charge is 0.497 e. The number of primary amides is 1. The first-order valence-electron chi connectivity index (χ1n) is 43.0. The number of carboxylic acids is 3. The monoisotopic (exact) mass is 2060 g/mol. The van der Waals surface area contributed by atoms with Crippen molar-refractivity contribution >= 4 is 126 Å². The Hall–Kier alpha value is -16.8. The van der Waals surface area contributed by atoms with Gasteiger partial charge < -0.3 is 94.4 Å². The predicted molar refractivity (Wildman–Crippen MR) is 517 cm³/mol. The maximum absolute atomic E-state index is 14.5. The summed E-state index contributed by atoms with van der Waals surface area (Å²) in [6, 6.07) is 32.7. The standard InChI is InChI=1S/C31H29F2N3O7.C31H27F2N3O6.C21H14BrF2N3O3.C11H17BO5.C8H3F2NO2/c1-4-43-15-16-10-24(41-2)26(25(11-16)42-3)20-8-7-17(19-6-5-9-35-28(19)20)14-23(31(39)40)36-30(38)27-21(32)12-18(29(34)37)13-22(27)33;1-5-42-16-17-11-25(40-3)27(26(12-17)41-4)21-9-8-18(20-7-6-10-35-29(20)21)13-24(31(38)39)36-30(37)28-22(32)14-19(34-2)15-23(28)33;1-25-12-9-15(23)18(16(24)10-12)20(28)27-17(21(29)30-2)8-11-5-6-14(22)19-13(11)4-3-7-26-19;1-4-17-7-8-5-9(15-2)11(12(13)14)10(6-8)16-3;1-11-4-2-5(9)7(8(12)13)6(10)3-4/h5-13,23H,4,14-15H2,1-3H3,(H2,34,37)(H,36,38)(H,39,40);6-12,14-15,24H,5,13,16H2,1,3-4H3,(H,36,37)(H,38,39);3-7,9-10,17H,8H2,2H3,(H,27,28);5-6,13-14H,4,7H2,1-3H3;2-3H,(H,12,13)/t23-;24-;17-;;/m000../s1. The van der Waals surface area contributed by atoms with Gasteiger partial charge in [0, 0.05) is 95.0 Å². The van der Waals surface area contributed by atoms with Gasteiger partial charge in [-0.2, -0.15) is 0 Å². The third-order valence-electron chi connectivity index (χ3n) is 21.4. The number of carbonyl (C=O) groups excluding carboxylic acids is 5. The minimum atomic E-state index is -1.69. The fraction of sp³-hybridized carbons (Fsp3) is 0.216. The number of aromatic carboxylic acids is 1. The molecule has 13 aromatic rings. The highest BCUT2D eigenvalue weighted by molar-refractivity contribution is 9.10. The topological polar surface area (TPSA) is 444 Å².